The minimum Gasteiger partial charge on any atom is -0.171 e. The van der Waals surface area contributed by atoms with Crippen molar-refractivity contribution in [1.82, 2.24) is 0 Å². The van der Waals surface area contributed by atoms with Gasteiger partial charge in [-0.25, -0.2) is 0 Å². The lowest BCUT2D eigenvalue weighted by atomic mass is 10.1. The molecule has 53 valence electrons. The van der Waals surface area contributed by atoms with Crippen molar-refractivity contribution in [3.63, 3.8) is 0 Å². The Hall–Kier alpha value is 0.0900. The van der Waals surface area contributed by atoms with Crippen LogP contribution in [0.1, 0.15) is 32.6 Å². The third-order valence-electron chi connectivity index (χ3n) is 1.20. The van der Waals surface area contributed by atoms with Crippen LogP contribution in [-0.4, -0.2) is 0 Å². The molecule has 0 bridgehead atoms. The fraction of sp³-hybridized carbons (Fsp3) is 0.625. The SMILES string of the molecule is C=CC[C](S)CCCC. The number of allylic oxidation sites excluding steroid dienone is 1. The molecule has 9 heavy (non-hydrogen) atoms. The molecule has 0 saturated heterocycles. The third kappa shape index (κ3) is 5.97. The summed E-state index contributed by atoms with van der Waals surface area (Å²) in [6, 6.07) is 0. The summed E-state index contributed by atoms with van der Waals surface area (Å²) in [5, 5.41) is 1.26. The average Bonchev–Trinajstić information content (AvgIpc) is 1.85. The second-order valence-electron chi connectivity index (χ2n) is 2.16. The van der Waals surface area contributed by atoms with E-state index in [0.29, 0.717) is 0 Å². The molecule has 0 rings (SSSR count). The Bertz CT molecular complexity index is 69.0. The molecule has 0 aromatic heterocycles. The maximum absolute atomic E-state index is 4.29. The van der Waals surface area contributed by atoms with Crippen LogP contribution >= 0.6 is 12.6 Å². The summed E-state index contributed by atoms with van der Waals surface area (Å²) in [5.74, 6) is 0. The molecule has 0 aliphatic rings. The standard InChI is InChI=1S/C8H15S/c1-3-5-7-8(9)6-4-2/h4,9H,2-3,5-7H2,1H3. The number of unbranched alkanes of at least 4 members (excludes halogenated alkanes) is 1. The second-order valence-corrected chi connectivity index (χ2v) is 2.80. The molecule has 1 heteroatoms. The molecule has 0 spiro atoms. The topological polar surface area (TPSA) is 0 Å². The van der Waals surface area contributed by atoms with Gasteiger partial charge in [0.05, 0.1) is 0 Å². The molecule has 0 aliphatic carbocycles. The lowest BCUT2D eigenvalue weighted by Crippen LogP contribution is -1.84. The van der Waals surface area contributed by atoms with Crippen molar-refractivity contribution in [3.8, 4) is 0 Å². The molecule has 0 fully saturated rings. The van der Waals surface area contributed by atoms with Gasteiger partial charge in [-0.3, -0.25) is 0 Å². The highest BCUT2D eigenvalue weighted by Crippen LogP contribution is 2.18. The van der Waals surface area contributed by atoms with E-state index < -0.39 is 0 Å². The molecule has 1 radical (unpaired) electrons. The predicted molar refractivity (Wildman–Crippen MR) is 46.6 cm³/mol. The zero-order valence-electron chi connectivity index (χ0n) is 6.06. The molecule has 0 N–H and O–H groups in total. The average molecular weight is 143 g/mol. The Morgan fingerprint density at radius 1 is 1.67 bits per heavy atom. The summed E-state index contributed by atoms with van der Waals surface area (Å²) in [5.41, 5.74) is 0. The van der Waals surface area contributed by atoms with Crippen LogP contribution in [0.15, 0.2) is 12.7 Å². The van der Waals surface area contributed by atoms with Gasteiger partial charge in [0.15, 0.2) is 0 Å². The summed E-state index contributed by atoms with van der Waals surface area (Å²) >= 11 is 4.29. The Kier molecular flexibility index (Phi) is 6.28. The van der Waals surface area contributed by atoms with E-state index in [1.165, 1.54) is 18.1 Å². The van der Waals surface area contributed by atoms with Crippen LogP contribution in [0.2, 0.25) is 0 Å². The molecule has 0 nitrogen and oxygen atoms in total. The van der Waals surface area contributed by atoms with E-state index in [9.17, 15) is 0 Å². The monoisotopic (exact) mass is 143 g/mol. The molecule has 0 atom stereocenters. The molecule has 0 saturated carbocycles. The largest absolute Gasteiger partial charge is 0.171 e. The highest BCUT2D eigenvalue weighted by atomic mass is 32.1. The van der Waals surface area contributed by atoms with E-state index in [-0.39, 0.29) is 0 Å². The summed E-state index contributed by atoms with van der Waals surface area (Å²) in [6.45, 7) is 5.83. The maximum Gasteiger partial charge on any atom is 0.0311 e. The van der Waals surface area contributed by atoms with Gasteiger partial charge in [0.1, 0.15) is 0 Å². The van der Waals surface area contributed by atoms with Gasteiger partial charge >= 0.3 is 0 Å². The summed E-state index contributed by atoms with van der Waals surface area (Å²) in [7, 11) is 0. The van der Waals surface area contributed by atoms with Crippen molar-refractivity contribution < 1.29 is 0 Å². The van der Waals surface area contributed by atoms with Gasteiger partial charge in [-0.15, -0.1) is 6.58 Å². The highest BCUT2D eigenvalue weighted by Gasteiger charge is 1.98. The maximum atomic E-state index is 4.29. The quantitative estimate of drug-likeness (QED) is 0.443. The van der Waals surface area contributed by atoms with Crippen molar-refractivity contribution in [2.24, 2.45) is 0 Å². The van der Waals surface area contributed by atoms with E-state index in [1.807, 2.05) is 6.08 Å². The van der Waals surface area contributed by atoms with E-state index >= 15 is 0 Å². The molecule has 0 heterocycles. The van der Waals surface area contributed by atoms with Crippen LogP contribution in [0.25, 0.3) is 0 Å². The van der Waals surface area contributed by atoms with Crippen LogP contribution in [0.4, 0.5) is 0 Å². The van der Waals surface area contributed by atoms with Crippen LogP contribution in [-0.2, 0) is 0 Å². The van der Waals surface area contributed by atoms with Crippen LogP contribution in [0.3, 0.4) is 0 Å². The molecule has 0 unspecified atom stereocenters. The first-order valence-electron chi connectivity index (χ1n) is 3.45. The zero-order valence-corrected chi connectivity index (χ0v) is 6.95. The van der Waals surface area contributed by atoms with E-state index in [0.717, 1.165) is 12.8 Å². The van der Waals surface area contributed by atoms with Gasteiger partial charge in [-0.2, -0.15) is 12.6 Å². The van der Waals surface area contributed by atoms with Gasteiger partial charge in [-0.1, -0.05) is 25.8 Å². The first-order chi connectivity index (χ1) is 4.31. The first kappa shape index (κ1) is 9.09. The Morgan fingerprint density at radius 2 is 2.33 bits per heavy atom. The molecule has 0 aliphatic heterocycles. The second kappa shape index (κ2) is 6.21. The minimum atomic E-state index is 0.961. The Labute approximate surface area is 63.8 Å². The lowest BCUT2D eigenvalue weighted by Gasteiger charge is -2.03. The first-order valence-corrected chi connectivity index (χ1v) is 3.90. The fourth-order valence-electron chi connectivity index (χ4n) is 0.650. The predicted octanol–water partition coefficient (Wildman–Crippen LogP) is 3.21. The van der Waals surface area contributed by atoms with E-state index in [1.54, 1.807) is 0 Å². The molecular formula is C8H15S. The molecule has 0 amide bonds. The highest BCUT2D eigenvalue weighted by molar-refractivity contribution is 7.83. The number of thiol groups is 1. The van der Waals surface area contributed by atoms with Crippen molar-refractivity contribution in [2.75, 3.05) is 0 Å². The molecule has 0 aromatic rings. The zero-order chi connectivity index (χ0) is 7.11. The van der Waals surface area contributed by atoms with Crippen LogP contribution in [0.5, 0.6) is 0 Å². The van der Waals surface area contributed by atoms with E-state index in [2.05, 4.69) is 26.1 Å². The summed E-state index contributed by atoms with van der Waals surface area (Å²) in [4.78, 5) is 0. The van der Waals surface area contributed by atoms with Crippen LogP contribution < -0.4 is 0 Å². The normalized spacial score (nSPS) is 10.1. The van der Waals surface area contributed by atoms with Gasteiger partial charge in [-0.05, 0) is 12.8 Å². The van der Waals surface area contributed by atoms with Gasteiger partial charge in [0, 0.05) is 5.25 Å². The Balaban J connectivity index is 3.04. The van der Waals surface area contributed by atoms with Crippen molar-refractivity contribution >= 4 is 12.6 Å². The number of hydrogen-bond acceptors (Lipinski definition) is 1. The lowest BCUT2D eigenvalue weighted by molar-refractivity contribution is 0.759. The summed E-state index contributed by atoms with van der Waals surface area (Å²) in [6.07, 6.45) is 6.51. The van der Waals surface area contributed by atoms with Crippen molar-refractivity contribution in [3.05, 3.63) is 17.9 Å². The Morgan fingerprint density at radius 3 is 2.78 bits per heavy atom. The van der Waals surface area contributed by atoms with Gasteiger partial charge in [0.2, 0.25) is 0 Å². The minimum absolute atomic E-state index is 0.961. The van der Waals surface area contributed by atoms with Crippen molar-refractivity contribution in [2.45, 2.75) is 32.6 Å². The fourth-order valence-corrected chi connectivity index (χ4v) is 0.937. The van der Waals surface area contributed by atoms with Crippen molar-refractivity contribution in [1.29, 1.82) is 0 Å². The van der Waals surface area contributed by atoms with Gasteiger partial charge < -0.3 is 0 Å². The number of rotatable bonds is 5. The number of hydrogen-bond donors (Lipinski definition) is 1. The van der Waals surface area contributed by atoms with Gasteiger partial charge in [0.25, 0.3) is 0 Å². The van der Waals surface area contributed by atoms with Crippen LogP contribution in [0, 0.1) is 5.25 Å². The molecular weight excluding hydrogens is 128 g/mol. The summed E-state index contributed by atoms with van der Waals surface area (Å²) < 4.78 is 0. The third-order valence-corrected chi connectivity index (χ3v) is 1.61. The smallest absolute Gasteiger partial charge is 0.0311 e. The molecule has 0 aromatic carbocycles. The van der Waals surface area contributed by atoms with E-state index in [4.69, 9.17) is 0 Å².